The highest BCUT2D eigenvalue weighted by molar-refractivity contribution is 7.99. The number of carboxylic acid groups (broad SMARTS) is 1. The van der Waals surface area contributed by atoms with Gasteiger partial charge in [-0.05, 0) is 19.3 Å². The van der Waals surface area contributed by atoms with E-state index in [9.17, 15) is 14.7 Å². The zero-order valence-corrected chi connectivity index (χ0v) is 12.4. The summed E-state index contributed by atoms with van der Waals surface area (Å²) in [5, 5.41) is 25.9. The molecule has 0 spiro atoms. The number of thioether (sulfide) groups is 1. The summed E-state index contributed by atoms with van der Waals surface area (Å²) in [6.07, 6.45) is 3.14. The SMILES string of the molecule is O=C(O)CSc1nnc(CO)n1CC(=O)N1CCCCC1. The number of aliphatic hydroxyl groups is 1. The summed E-state index contributed by atoms with van der Waals surface area (Å²) in [5.41, 5.74) is 0. The van der Waals surface area contributed by atoms with E-state index in [-0.39, 0.29) is 30.6 Å². The number of aromatic nitrogens is 3. The van der Waals surface area contributed by atoms with Crippen LogP contribution in [-0.2, 0) is 22.7 Å². The van der Waals surface area contributed by atoms with Crippen molar-refractivity contribution in [1.82, 2.24) is 19.7 Å². The maximum absolute atomic E-state index is 12.3. The van der Waals surface area contributed by atoms with Gasteiger partial charge in [-0.3, -0.25) is 14.2 Å². The van der Waals surface area contributed by atoms with Crippen molar-refractivity contribution in [3.05, 3.63) is 5.82 Å². The molecule has 0 saturated carbocycles. The van der Waals surface area contributed by atoms with Gasteiger partial charge in [-0.25, -0.2) is 0 Å². The Hall–Kier alpha value is -1.61. The molecule has 1 aromatic rings. The Morgan fingerprint density at radius 2 is 1.90 bits per heavy atom. The number of likely N-dealkylation sites (tertiary alicyclic amines) is 1. The van der Waals surface area contributed by atoms with Gasteiger partial charge in [-0.15, -0.1) is 10.2 Å². The number of amides is 1. The Morgan fingerprint density at radius 1 is 1.19 bits per heavy atom. The van der Waals surface area contributed by atoms with Gasteiger partial charge in [0.25, 0.3) is 0 Å². The first-order valence-electron chi connectivity index (χ1n) is 6.77. The molecule has 1 fully saturated rings. The van der Waals surface area contributed by atoms with E-state index < -0.39 is 5.97 Å². The summed E-state index contributed by atoms with van der Waals surface area (Å²) in [6.45, 7) is 1.18. The highest BCUT2D eigenvalue weighted by Gasteiger charge is 2.21. The molecule has 2 N–H and O–H groups in total. The molecule has 1 aliphatic heterocycles. The van der Waals surface area contributed by atoms with Crippen molar-refractivity contribution in [2.45, 2.75) is 37.6 Å². The third kappa shape index (κ3) is 4.18. The summed E-state index contributed by atoms with van der Waals surface area (Å²) in [4.78, 5) is 24.7. The molecule has 2 heterocycles. The van der Waals surface area contributed by atoms with Crippen molar-refractivity contribution in [2.24, 2.45) is 0 Å². The minimum atomic E-state index is -0.970. The van der Waals surface area contributed by atoms with Gasteiger partial charge in [0.2, 0.25) is 5.91 Å². The van der Waals surface area contributed by atoms with Gasteiger partial charge in [-0.1, -0.05) is 11.8 Å². The second-order valence-electron chi connectivity index (χ2n) is 4.77. The van der Waals surface area contributed by atoms with Crippen LogP contribution in [0.15, 0.2) is 5.16 Å². The molecule has 1 aliphatic rings. The van der Waals surface area contributed by atoms with Crippen molar-refractivity contribution in [3.63, 3.8) is 0 Å². The monoisotopic (exact) mass is 314 g/mol. The van der Waals surface area contributed by atoms with E-state index in [2.05, 4.69) is 10.2 Å². The zero-order valence-electron chi connectivity index (χ0n) is 11.6. The topological polar surface area (TPSA) is 109 Å². The highest BCUT2D eigenvalue weighted by Crippen LogP contribution is 2.18. The van der Waals surface area contributed by atoms with Crippen LogP contribution in [0.4, 0.5) is 0 Å². The van der Waals surface area contributed by atoms with Gasteiger partial charge in [0.05, 0.1) is 5.75 Å². The van der Waals surface area contributed by atoms with Gasteiger partial charge in [0, 0.05) is 13.1 Å². The highest BCUT2D eigenvalue weighted by atomic mass is 32.2. The fourth-order valence-electron chi connectivity index (χ4n) is 2.21. The Balaban J connectivity index is 2.07. The maximum atomic E-state index is 12.3. The lowest BCUT2D eigenvalue weighted by Crippen LogP contribution is -2.38. The number of rotatable bonds is 6. The molecule has 0 atom stereocenters. The number of carbonyl (C=O) groups excluding carboxylic acids is 1. The molecule has 0 aromatic carbocycles. The summed E-state index contributed by atoms with van der Waals surface area (Å²) in [5.74, 6) is -0.918. The first kappa shape index (κ1) is 15.8. The van der Waals surface area contributed by atoms with E-state index in [1.54, 1.807) is 4.90 Å². The quantitative estimate of drug-likeness (QED) is 0.709. The molecule has 1 aromatic heterocycles. The number of aliphatic hydroxyl groups excluding tert-OH is 1. The normalized spacial score (nSPS) is 15.2. The third-order valence-corrected chi connectivity index (χ3v) is 4.21. The predicted octanol–water partition coefficient (Wildman–Crippen LogP) is -0.0404. The van der Waals surface area contributed by atoms with Crippen LogP contribution in [-0.4, -0.2) is 60.6 Å². The average molecular weight is 314 g/mol. The Morgan fingerprint density at radius 3 is 2.52 bits per heavy atom. The van der Waals surface area contributed by atoms with E-state index >= 15 is 0 Å². The molecule has 0 radical (unpaired) electrons. The minimum absolute atomic E-state index is 0.0326. The fourth-order valence-corrected chi connectivity index (χ4v) is 2.88. The zero-order chi connectivity index (χ0) is 15.2. The summed E-state index contributed by atoms with van der Waals surface area (Å²) in [6, 6.07) is 0. The number of aliphatic carboxylic acids is 1. The number of carboxylic acids is 1. The van der Waals surface area contributed by atoms with E-state index in [0.717, 1.165) is 44.1 Å². The van der Waals surface area contributed by atoms with Crippen LogP contribution < -0.4 is 0 Å². The number of carbonyl (C=O) groups is 2. The smallest absolute Gasteiger partial charge is 0.313 e. The lowest BCUT2D eigenvalue weighted by Gasteiger charge is -2.27. The first-order valence-corrected chi connectivity index (χ1v) is 7.75. The summed E-state index contributed by atoms with van der Waals surface area (Å²) < 4.78 is 1.49. The Kier molecular flexibility index (Phi) is 5.57. The number of hydrogen-bond donors (Lipinski definition) is 2. The summed E-state index contributed by atoms with van der Waals surface area (Å²) in [7, 11) is 0. The van der Waals surface area contributed by atoms with Crippen molar-refractivity contribution in [2.75, 3.05) is 18.8 Å². The predicted molar refractivity (Wildman–Crippen MR) is 74.7 cm³/mol. The molecule has 0 bridgehead atoms. The third-order valence-electron chi connectivity index (χ3n) is 3.26. The van der Waals surface area contributed by atoms with Crippen LogP contribution in [0.1, 0.15) is 25.1 Å². The molecule has 9 heteroatoms. The largest absolute Gasteiger partial charge is 0.481 e. The van der Waals surface area contributed by atoms with Gasteiger partial charge in [0.15, 0.2) is 11.0 Å². The van der Waals surface area contributed by atoms with Crippen LogP contribution in [0.2, 0.25) is 0 Å². The van der Waals surface area contributed by atoms with Crippen molar-refractivity contribution in [1.29, 1.82) is 0 Å². The van der Waals surface area contributed by atoms with Crippen LogP contribution in [0.25, 0.3) is 0 Å². The molecular weight excluding hydrogens is 296 g/mol. The lowest BCUT2D eigenvalue weighted by molar-refractivity contribution is -0.134. The van der Waals surface area contributed by atoms with Crippen LogP contribution in [0, 0.1) is 0 Å². The van der Waals surface area contributed by atoms with Crippen LogP contribution in [0.5, 0.6) is 0 Å². The van der Waals surface area contributed by atoms with Gasteiger partial charge in [0.1, 0.15) is 13.2 Å². The van der Waals surface area contributed by atoms with Crippen molar-refractivity contribution >= 4 is 23.6 Å². The average Bonchev–Trinajstić information content (AvgIpc) is 2.88. The van der Waals surface area contributed by atoms with Crippen LogP contribution in [0.3, 0.4) is 0 Å². The van der Waals surface area contributed by atoms with E-state index in [1.807, 2.05) is 0 Å². The minimum Gasteiger partial charge on any atom is -0.481 e. The number of piperidine rings is 1. The molecule has 21 heavy (non-hydrogen) atoms. The summed E-state index contributed by atoms with van der Waals surface area (Å²) >= 11 is 0.988. The van der Waals surface area contributed by atoms with E-state index in [0.29, 0.717) is 5.16 Å². The second-order valence-corrected chi connectivity index (χ2v) is 5.71. The van der Waals surface area contributed by atoms with Crippen molar-refractivity contribution < 1.29 is 19.8 Å². The molecule has 8 nitrogen and oxygen atoms in total. The molecule has 116 valence electrons. The standard InChI is InChI=1S/C12H18N4O4S/c17-7-9-13-14-12(21-8-11(19)20)16(9)6-10(18)15-4-2-1-3-5-15/h17H,1-8H2,(H,19,20). The second kappa shape index (κ2) is 7.41. The maximum Gasteiger partial charge on any atom is 0.313 e. The molecule has 0 unspecified atom stereocenters. The van der Waals surface area contributed by atoms with Gasteiger partial charge in [-0.2, -0.15) is 0 Å². The Labute approximate surface area is 126 Å². The van der Waals surface area contributed by atoms with Gasteiger partial charge >= 0.3 is 5.97 Å². The van der Waals surface area contributed by atoms with Crippen LogP contribution >= 0.6 is 11.8 Å². The lowest BCUT2D eigenvalue weighted by atomic mass is 10.1. The van der Waals surface area contributed by atoms with Gasteiger partial charge < -0.3 is 15.1 Å². The van der Waals surface area contributed by atoms with E-state index in [1.165, 1.54) is 4.57 Å². The van der Waals surface area contributed by atoms with E-state index in [4.69, 9.17) is 5.11 Å². The number of hydrogen-bond acceptors (Lipinski definition) is 6. The molecule has 2 rings (SSSR count). The molecule has 0 aliphatic carbocycles. The molecule has 1 amide bonds. The molecular formula is C12H18N4O4S. The molecule has 1 saturated heterocycles. The number of nitrogens with zero attached hydrogens (tertiary/aromatic N) is 4. The first-order chi connectivity index (χ1) is 10.1. The fraction of sp³-hybridized carbons (Fsp3) is 0.667. The van der Waals surface area contributed by atoms with Crippen molar-refractivity contribution in [3.8, 4) is 0 Å². The Bertz CT molecular complexity index is 513.